The number of ether oxygens (including phenoxy) is 6. The Kier molecular flexibility index (Phi) is 14.7. The van der Waals surface area contributed by atoms with Crippen LogP contribution in [0.15, 0.2) is 114 Å². The number of carbonyl (C=O) groups excluding carboxylic acids is 2. The van der Waals surface area contributed by atoms with E-state index in [4.69, 9.17) is 51.6 Å². The number of methoxy groups -OCH3 is 2. The molecule has 2 aromatic heterocycles. The number of anilines is 2. The first-order chi connectivity index (χ1) is 30.8. The zero-order valence-electron chi connectivity index (χ0n) is 35.6. The van der Waals surface area contributed by atoms with Crippen LogP contribution in [0.25, 0.3) is 11.2 Å². The van der Waals surface area contributed by atoms with Crippen LogP contribution in [-0.2, 0) is 40.7 Å². The molecule has 1 aliphatic rings. The van der Waals surface area contributed by atoms with E-state index in [1.165, 1.54) is 15.8 Å². The predicted octanol–water partition coefficient (Wildman–Crippen LogP) is 6.32. The highest BCUT2D eigenvalue weighted by Crippen LogP contribution is 2.43. The molecule has 1 fully saturated rings. The third-order valence-corrected chi connectivity index (χ3v) is 11.2. The topological polar surface area (TPSA) is 189 Å². The molecule has 64 heavy (non-hydrogen) atoms. The number of aliphatic hydroxyl groups excluding tert-OH is 1. The van der Waals surface area contributed by atoms with Crippen LogP contribution in [0.5, 0.6) is 11.5 Å². The minimum Gasteiger partial charge on any atom is -0.497 e. The molecule has 4 atom stereocenters. The maximum atomic E-state index is 13.2. The van der Waals surface area contributed by atoms with E-state index in [0.29, 0.717) is 17.2 Å². The number of hydrogen-bond donors (Lipinski definition) is 3. The van der Waals surface area contributed by atoms with E-state index in [2.05, 4.69) is 20.3 Å². The fraction of sp³-hybridized carbons (Fsp3) is 0.326. The molecule has 7 rings (SSSR count). The summed E-state index contributed by atoms with van der Waals surface area (Å²) in [5, 5.41) is 14.8. The van der Waals surface area contributed by atoms with Crippen LogP contribution in [0, 0.1) is 5.92 Å². The lowest BCUT2D eigenvalue weighted by molar-refractivity contribution is -0.142. The van der Waals surface area contributed by atoms with Gasteiger partial charge in [-0.3, -0.25) is 29.3 Å². The number of benzene rings is 4. The highest BCUT2D eigenvalue weighted by molar-refractivity contribution is 6.54. The SMILES string of the molecule is COc1ccc(C(OC[C@H]2O[C@@H](n3cnc4c(=O)[nH]c(NC(=O)C(C)C)nc43)[C@H](OCOCc3ccc(N(C)C(=O)C(Cl)Cl)cc3)[C@@H]2O)(c2ccccc2)c2ccc(OC)cc2)cc1. The molecule has 4 aromatic carbocycles. The van der Waals surface area contributed by atoms with Crippen LogP contribution < -0.4 is 25.2 Å². The normalized spacial score (nSPS) is 17.5. The number of H-pyrrole nitrogens is 1. The number of hydrogen-bond acceptors (Lipinski definition) is 12. The Morgan fingerprint density at radius 2 is 1.53 bits per heavy atom. The number of halogens is 2. The zero-order chi connectivity index (χ0) is 45.5. The molecule has 1 saturated heterocycles. The van der Waals surface area contributed by atoms with Crippen LogP contribution in [0.2, 0.25) is 0 Å². The van der Waals surface area contributed by atoms with Crippen molar-refractivity contribution in [3.8, 4) is 11.5 Å². The van der Waals surface area contributed by atoms with Gasteiger partial charge in [-0.05, 0) is 58.7 Å². The molecular weight excluding hydrogens is 867 g/mol. The number of aromatic amines is 1. The molecular formula is C46H48Cl2N6O10. The summed E-state index contributed by atoms with van der Waals surface area (Å²) in [6.45, 7) is 3.07. The van der Waals surface area contributed by atoms with Crippen molar-refractivity contribution in [3.63, 3.8) is 0 Å². The third-order valence-electron chi connectivity index (χ3n) is 10.9. The van der Waals surface area contributed by atoms with Gasteiger partial charge in [-0.15, -0.1) is 0 Å². The summed E-state index contributed by atoms with van der Waals surface area (Å²) in [7, 11) is 4.76. The maximum Gasteiger partial charge on any atom is 0.280 e. The summed E-state index contributed by atoms with van der Waals surface area (Å²) in [5.41, 5.74) is 1.89. The molecule has 3 N–H and O–H groups in total. The first kappa shape index (κ1) is 46.2. The number of amides is 2. The summed E-state index contributed by atoms with van der Waals surface area (Å²) in [4.78, 5) is 49.6. The molecule has 16 nitrogen and oxygen atoms in total. The highest BCUT2D eigenvalue weighted by Gasteiger charge is 2.48. The molecule has 336 valence electrons. The van der Waals surface area contributed by atoms with Crippen LogP contribution in [0.4, 0.5) is 11.6 Å². The van der Waals surface area contributed by atoms with E-state index in [-0.39, 0.29) is 43.0 Å². The smallest absolute Gasteiger partial charge is 0.280 e. The van der Waals surface area contributed by atoms with Gasteiger partial charge in [0.15, 0.2) is 22.2 Å². The largest absolute Gasteiger partial charge is 0.497 e. The van der Waals surface area contributed by atoms with E-state index < -0.39 is 52.4 Å². The summed E-state index contributed by atoms with van der Waals surface area (Å²) in [5.74, 6) is -0.00195. The molecule has 0 radical (unpaired) electrons. The lowest BCUT2D eigenvalue weighted by Crippen LogP contribution is -2.40. The fourth-order valence-corrected chi connectivity index (χ4v) is 7.64. The van der Waals surface area contributed by atoms with E-state index in [9.17, 15) is 19.5 Å². The Labute approximate surface area is 378 Å². The van der Waals surface area contributed by atoms with E-state index in [1.807, 2.05) is 78.9 Å². The molecule has 6 aromatic rings. The van der Waals surface area contributed by atoms with Gasteiger partial charge in [-0.25, -0.2) is 4.98 Å². The van der Waals surface area contributed by atoms with Crippen molar-refractivity contribution in [1.82, 2.24) is 19.5 Å². The van der Waals surface area contributed by atoms with E-state index >= 15 is 0 Å². The van der Waals surface area contributed by atoms with Gasteiger partial charge < -0.3 is 38.4 Å². The van der Waals surface area contributed by atoms with Gasteiger partial charge in [0.25, 0.3) is 11.5 Å². The molecule has 1 aliphatic heterocycles. The molecule has 3 heterocycles. The lowest BCUT2D eigenvalue weighted by Gasteiger charge is -2.37. The lowest BCUT2D eigenvalue weighted by atomic mass is 9.80. The first-order valence-electron chi connectivity index (χ1n) is 20.3. The Morgan fingerprint density at radius 1 is 0.922 bits per heavy atom. The zero-order valence-corrected chi connectivity index (χ0v) is 37.2. The van der Waals surface area contributed by atoms with Crippen molar-refractivity contribution in [3.05, 3.63) is 142 Å². The molecule has 0 aliphatic carbocycles. The predicted molar refractivity (Wildman–Crippen MR) is 240 cm³/mol. The molecule has 0 unspecified atom stereocenters. The van der Waals surface area contributed by atoms with E-state index in [1.54, 1.807) is 59.4 Å². The number of aromatic nitrogens is 4. The van der Waals surface area contributed by atoms with Crippen molar-refractivity contribution >= 4 is 57.8 Å². The van der Waals surface area contributed by atoms with Gasteiger partial charge in [-0.1, -0.05) is 104 Å². The van der Waals surface area contributed by atoms with Crippen LogP contribution in [0.1, 0.15) is 42.3 Å². The summed E-state index contributed by atoms with van der Waals surface area (Å²) in [6.07, 6.45) is -3.22. The first-order valence-corrected chi connectivity index (χ1v) is 21.2. The van der Waals surface area contributed by atoms with E-state index in [0.717, 1.165) is 22.3 Å². The summed E-state index contributed by atoms with van der Waals surface area (Å²) in [6, 6.07) is 31.8. The van der Waals surface area contributed by atoms with Crippen LogP contribution in [0.3, 0.4) is 0 Å². The second-order valence-electron chi connectivity index (χ2n) is 15.2. The molecule has 2 amide bonds. The second-order valence-corrected chi connectivity index (χ2v) is 16.3. The van der Waals surface area contributed by atoms with Crippen molar-refractivity contribution in [2.75, 3.05) is 44.9 Å². The fourth-order valence-electron chi connectivity index (χ4n) is 7.35. The number of rotatable bonds is 18. The Bertz CT molecular complexity index is 2530. The number of nitrogens with one attached hydrogen (secondary N) is 2. The van der Waals surface area contributed by atoms with Crippen LogP contribution in [-0.4, -0.2) is 94.3 Å². The van der Waals surface area contributed by atoms with Gasteiger partial charge >= 0.3 is 0 Å². The number of nitrogens with zero attached hydrogens (tertiary/aromatic N) is 4. The van der Waals surface area contributed by atoms with Crippen molar-refractivity contribution in [2.24, 2.45) is 5.92 Å². The van der Waals surface area contributed by atoms with Crippen LogP contribution >= 0.6 is 23.2 Å². The number of alkyl halides is 2. The van der Waals surface area contributed by atoms with Gasteiger partial charge in [0.05, 0.1) is 33.8 Å². The average molecular weight is 916 g/mol. The Hall–Kier alpha value is -5.85. The number of imidazole rings is 1. The van der Waals surface area contributed by atoms with Gasteiger partial charge in [0, 0.05) is 18.7 Å². The molecule has 18 heteroatoms. The van der Waals surface area contributed by atoms with Crippen molar-refractivity contribution in [2.45, 2.75) is 55.4 Å². The number of carbonyl (C=O) groups is 2. The van der Waals surface area contributed by atoms with Gasteiger partial charge in [0.2, 0.25) is 11.9 Å². The summed E-state index contributed by atoms with van der Waals surface area (Å²) >= 11 is 11.5. The number of fused-ring (bicyclic) bond motifs is 1. The molecule has 0 saturated carbocycles. The molecule has 0 spiro atoms. The minimum atomic E-state index is -1.33. The summed E-state index contributed by atoms with van der Waals surface area (Å²) < 4.78 is 38.4. The molecule has 0 bridgehead atoms. The van der Waals surface area contributed by atoms with Crippen molar-refractivity contribution < 1.29 is 43.1 Å². The van der Waals surface area contributed by atoms with Gasteiger partial charge in [0.1, 0.15) is 42.2 Å². The third kappa shape index (κ3) is 9.78. The Balaban J connectivity index is 1.20. The van der Waals surface area contributed by atoms with Crippen molar-refractivity contribution in [1.29, 1.82) is 0 Å². The monoisotopic (exact) mass is 914 g/mol. The average Bonchev–Trinajstić information content (AvgIpc) is 3.88. The van der Waals surface area contributed by atoms with Gasteiger partial charge in [-0.2, -0.15) is 4.98 Å². The quantitative estimate of drug-likeness (QED) is 0.0377. The second kappa shape index (κ2) is 20.3. The highest BCUT2D eigenvalue weighted by atomic mass is 35.5. The maximum absolute atomic E-state index is 13.2. The Morgan fingerprint density at radius 3 is 2.11 bits per heavy atom. The standard InChI is InChI=1S/C46H48Cl2N6O10/c1-27(2)41(56)51-45-50-40-36(42(57)52-45)49-25-54(40)44-38(62-26-61-23-28-11-17-32(18-12-28)53(3)43(58)39(47)48)37(55)35(64-44)24-63-46(29-9-7-6-8-10-29,30-13-19-33(59-4)20-14-30)31-15-21-34(60-5)22-16-31/h6-22,25,27,35,37-39,44,55H,23-24,26H2,1-5H3,(H2,50,51,52,56,57)/t35-,37-,38-,44-/m1/s1. The number of aliphatic hydroxyl groups is 1. The minimum absolute atomic E-state index is 0.0270.